The van der Waals surface area contributed by atoms with Crippen LogP contribution in [-0.2, 0) is 38.7 Å². The van der Waals surface area contributed by atoms with E-state index in [0.717, 1.165) is 5.56 Å². The van der Waals surface area contributed by atoms with Gasteiger partial charge in [0.25, 0.3) is 0 Å². The Morgan fingerprint density at radius 1 is 0.952 bits per heavy atom. The maximum absolute atomic E-state index is 13.6. The number of likely N-dealkylation sites (N-methyl/N-ethyl adjacent to an activating group) is 1. The average molecular weight is 573 g/mol. The molecule has 0 aliphatic carbocycles. The van der Waals surface area contributed by atoms with Gasteiger partial charge in [0, 0.05) is 24.8 Å². The van der Waals surface area contributed by atoms with Gasteiger partial charge in [-0.2, -0.15) is 0 Å². The first-order valence-electron chi connectivity index (χ1n) is 13.2. The standard InChI is InChI=1S/C30H32N6O6/c1-34(22-9-11-23(42-2)12-10-22)29(40)24(16-20-6-4-3-5-7-20)33-28(39)19-36-26-17-21(31)8-13-25(26)35(30(36)41)18-27(38)32-14-15-37/h3-13,15,17,24H,14,16,18-19,31H2,1-2H3,(H,32,38)(H,33,39). The molecule has 0 fully saturated rings. The number of aldehydes is 1. The summed E-state index contributed by atoms with van der Waals surface area (Å²) in [6.07, 6.45) is 0.751. The third kappa shape index (κ3) is 6.84. The van der Waals surface area contributed by atoms with E-state index < -0.39 is 30.1 Å². The molecule has 12 nitrogen and oxygen atoms in total. The molecule has 4 rings (SSSR count). The molecule has 0 saturated heterocycles. The zero-order valence-electron chi connectivity index (χ0n) is 23.3. The van der Waals surface area contributed by atoms with Gasteiger partial charge in [-0.1, -0.05) is 30.3 Å². The molecule has 0 bridgehead atoms. The molecule has 42 heavy (non-hydrogen) atoms. The van der Waals surface area contributed by atoms with Gasteiger partial charge in [-0.15, -0.1) is 0 Å². The Labute approximate surface area is 241 Å². The predicted octanol–water partition coefficient (Wildman–Crippen LogP) is 1.10. The van der Waals surface area contributed by atoms with Gasteiger partial charge in [-0.05, 0) is 48.0 Å². The number of ether oxygens (including phenoxy) is 1. The number of nitrogen functional groups attached to an aromatic ring is 1. The van der Waals surface area contributed by atoms with E-state index in [4.69, 9.17) is 10.5 Å². The normalized spacial score (nSPS) is 11.5. The van der Waals surface area contributed by atoms with E-state index in [1.807, 2.05) is 30.3 Å². The Bertz CT molecular complexity index is 1640. The maximum Gasteiger partial charge on any atom is 0.330 e. The predicted molar refractivity (Wildman–Crippen MR) is 158 cm³/mol. The van der Waals surface area contributed by atoms with Gasteiger partial charge in [-0.25, -0.2) is 4.79 Å². The number of carbonyl (C=O) groups is 4. The van der Waals surface area contributed by atoms with Crippen LogP contribution >= 0.6 is 0 Å². The first-order valence-corrected chi connectivity index (χ1v) is 13.2. The van der Waals surface area contributed by atoms with Crippen LogP contribution in [0.25, 0.3) is 11.0 Å². The van der Waals surface area contributed by atoms with Crippen LogP contribution in [0.3, 0.4) is 0 Å². The van der Waals surface area contributed by atoms with Gasteiger partial charge in [-0.3, -0.25) is 23.5 Å². The number of methoxy groups -OCH3 is 1. The van der Waals surface area contributed by atoms with Gasteiger partial charge in [0.15, 0.2) is 0 Å². The van der Waals surface area contributed by atoms with Crippen molar-refractivity contribution in [2.24, 2.45) is 0 Å². The molecule has 0 aliphatic rings. The number of hydrogen-bond donors (Lipinski definition) is 3. The average Bonchev–Trinajstić information content (AvgIpc) is 3.24. The van der Waals surface area contributed by atoms with Crippen molar-refractivity contribution in [3.8, 4) is 5.75 Å². The highest BCUT2D eigenvalue weighted by Crippen LogP contribution is 2.20. The van der Waals surface area contributed by atoms with Gasteiger partial charge < -0.3 is 30.8 Å². The molecule has 0 aliphatic heterocycles. The van der Waals surface area contributed by atoms with Crippen LogP contribution in [0.1, 0.15) is 5.56 Å². The minimum Gasteiger partial charge on any atom is -0.497 e. The molecular weight excluding hydrogens is 540 g/mol. The number of carbonyl (C=O) groups excluding carboxylic acids is 4. The number of hydrogen-bond acceptors (Lipinski definition) is 7. The molecule has 0 radical (unpaired) electrons. The molecule has 4 N–H and O–H groups in total. The summed E-state index contributed by atoms with van der Waals surface area (Å²) in [5.41, 5.74) is 7.88. The lowest BCUT2D eigenvalue weighted by Crippen LogP contribution is -2.50. The fourth-order valence-electron chi connectivity index (χ4n) is 4.60. The van der Waals surface area contributed by atoms with Crippen LogP contribution in [0.15, 0.2) is 77.6 Å². The van der Waals surface area contributed by atoms with E-state index in [0.29, 0.717) is 34.4 Å². The van der Waals surface area contributed by atoms with Crippen LogP contribution in [0.2, 0.25) is 0 Å². The van der Waals surface area contributed by atoms with E-state index in [-0.39, 0.29) is 25.4 Å². The molecule has 0 saturated carbocycles. The van der Waals surface area contributed by atoms with Crippen LogP contribution in [0.4, 0.5) is 11.4 Å². The van der Waals surface area contributed by atoms with Crippen LogP contribution in [0.5, 0.6) is 5.75 Å². The van der Waals surface area contributed by atoms with E-state index in [1.54, 1.807) is 50.6 Å². The van der Waals surface area contributed by atoms with E-state index in [1.165, 1.54) is 20.1 Å². The number of nitrogens with one attached hydrogen (secondary N) is 2. The third-order valence-electron chi connectivity index (χ3n) is 6.74. The summed E-state index contributed by atoms with van der Waals surface area (Å²) in [5, 5.41) is 5.20. The molecule has 218 valence electrons. The number of rotatable bonds is 12. The molecule has 4 aromatic rings. The summed E-state index contributed by atoms with van der Waals surface area (Å²) in [7, 11) is 3.17. The Morgan fingerprint density at radius 2 is 1.62 bits per heavy atom. The van der Waals surface area contributed by atoms with Crippen molar-refractivity contribution < 1.29 is 23.9 Å². The second-order valence-electron chi connectivity index (χ2n) is 9.58. The highest BCUT2D eigenvalue weighted by molar-refractivity contribution is 5.99. The van der Waals surface area contributed by atoms with Crippen LogP contribution in [0, 0.1) is 0 Å². The first kappa shape index (κ1) is 29.6. The van der Waals surface area contributed by atoms with Gasteiger partial charge >= 0.3 is 5.69 Å². The molecule has 1 heterocycles. The maximum atomic E-state index is 13.6. The molecular formula is C30H32N6O6. The van der Waals surface area contributed by atoms with E-state index >= 15 is 0 Å². The fourth-order valence-corrected chi connectivity index (χ4v) is 4.60. The Morgan fingerprint density at radius 3 is 2.29 bits per heavy atom. The number of amides is 3. The lowest BCUT2D eigenvalue weighted by Gasteiger charge is -2.25. The van der Waals surface area contributed by atoms with Crippen molar-refractivity contribution in [3.05, 3.63) is 88.8 Å². The van der Waals surface area contributed by atoms with E-state index in [2.05, 4.69) is 10.6 Å². The van der Waals surface area contributed by atoms with Crippen molar-refractivity contribution in [3.63, 3.8) is 0 Å². The van der Waals surface area contributed by atoms with Crippen molar-refractivity contribution in [1.29, 1.82) is 0 Å². The fraction of sp³-hybridized carbons (Fsp3) is 0.233. The largest absolute Gasteiger partial charge is 0.497 e. The van der Waals surface area contributed by atoms with Crippen molar-refractivity contribution in [2.45, 2.75) is 25.6 Å². The molecule has 1 atom stereocenters. The molecule has 3 amide bonds. The number of nitrogens with two attached hydrogens (primary N) is 1. The van der Waals surface area contributed by atoms with Crippen LogP contribution in [-0.4, -0.2) is 59.9 Å². The summed E-state index contributed by atoms with van der Waals surface area (Å²) < 4.78 is 7.60. The SMILES string of the molecule is COc1ccc(N(C)C(=O)C(Cc2ccccc2)NC(=O)Cn2c(=O)n(CC(=O)NCC=O)c3ccc(N)cc32)cc1. The molecule has 1 aromatic heterocycles. The summed E-state index contributed by atoms with van der Waals surface area (Å²) in [5.74, 6) is -0.843. The smallest absolute Gasteiger partial charge is 0.330 e. The summed E-state index contributed by atoms with van der Waals surface area (Å²) in [6.45, 7) is -0.973. The zero-order valence-corrected chi connectivity index (χ0v) is 23.3. The zero-order chi connectivity index (χ0) is 30.2. The number of imidazole rings is 1. The Hall–Kier alpha value is -5.39. The summed E-state index contributed by atoms with van der Waals surface area (Å²) in [4.78, 5) is 64.8. The molecule has 1 unspecified atom stereocenters. The van der Waals surface area contributed by atoms with E-state index in [9.17, 15) is 24.0 Å². The third-order valence-corrected chi connectivity index (χ3v) is 6.74. The summed E-state index contributed by atoms with van der Waals surface area (Å²) >= 11 is 0. The van der Waals surface area contributed by atoms with Crippen molar-refractivity contribution >= 4 is 46.4 Å². The highest BCUT2D eigenvalue weighted by atomic mass is 16.5. The minimum atomic E-state index is -0.949. The molecule has 12 heteroatoms. The number of anilines is 2. The van der Waals surface area contributed by atoms with Crippen LogP contribution < -0.4 is 31.7 Å². The topological polar surface area (TPSA) is 158 Å². The lowest BCUT2D eigenvalue weighted by atomic mass is 10.0. The molecule has 0 spiro atoms. The minimum absolute atomic E-state index is 0.191. The number of aromatic nitrogens is 2. The molecule has 3 aromatic carbocycles. The van der Waals surface area contributed by atoms with Gasteiger partial charge in [0.1, 0.15) is 31.2 Å². The quantitative estimate of drug-likeness (QED) is 0.169. The second-order valence-corrected chi connectivity index (χ2v) is 9.58. The van der Waals surface area contributed by atoms with Gasteiger partial charge in [0.05, 0.1) is 24.7 Å². The lowest BCUT2D eigenvalue weighted by molar-refractivity contribution is -0.127. The number of nitrogens with zero attached hydrogens (tertiary/aromatic N) is 3. The first-order chi connectivity index (χ1) is 20.2. The second kappa shape index (κ2) is 13.3. The number of benzene rings is 3. The Balaban J connectivity index is 1.61. The van der Waals surface area contributed by atoms with Gasteiger partial charge in [0.2, 0.25) is 17.7 Å². The monoisotopic (exact) mass is 572 g/mol. The van der Waals surface area contributed by atoms with Crippen molar-refractivity contribution in [2.75, 3.05) is 31.3 Å². The Kier molecular flexibility index (Phi) is 9.38. The van der Waals surface area contributed by atoms with Crippen molar-refractivity contribution in [1.82, 2.24) is 19.8 Å². The summed E-state index contributed by atoms with van der Waals surface area (Å²) in [6, 6.07) is 19.9. The highest BCUT2D eigenvalue weighted by Gasteiger charge is 2.26. The number of fused-ring (bicyclic) bond motifs is 1.